The third kappa shape index (κ3) is 2.83. The fourth-order valence-electron chi connectivity index (χ4n) is 4.76. The van der Waals surface area contributed by atoms with Gasteiger partial charge in [0.15, 0.2) is 17.3 Å². The molecular formula is C20H22F2N4O5. The minimum atomic E-state index is -1.67. The molecule has 3 aliphatic rings. The molecule has 1 saturated heterocycles. The number of halogens is 2. The lowest BCUT2D eigenvalue weighted by atomic mass is 9.96. The van der Waals surface area contributed by atoms with E-state index in [-0.39, 0.29) is 48.1 Å². The zero-order valence-corrected chi connectivity index (χ0v) is 16.7. The molecule has 5 N–H and O–H groups in total. The van der Waals surface area contributed by atoms with Crippen molar-refractivity contribution in [2.45, 2.75) is 37.5 Å². The number of hydrogen-bond acceptors (Lipinski definition) is 7. The highest BCUT2D eigenvalue weighted by Crippen LogP contribution is 2.50. The number of anilines is 2. The number of nitrogens with two attached hydrogens (primary N) is 2. The minimum absolute atomic E-state index is 0.00801. The molecule has 1 aliphatic carbocycles. The molecule has 2 fully saturated rings. The number of nitrogen functional groups attached to an aromatic ring is 1. The van der Waals surface area contributed by atoms with E-state index in [0.29, 0.717) is 0 Å². The Morgan fingerprint density at radius 3 is 2.74 bits per heavy atom. The van der Waals surface area contributed by atoms with Crippen LogP contribution >= 0.6 is 0 Å². The number of ether oxygens (including phenoxy) is 2. The maximum Gasteiger partial charge on any atom is 0.511 e. The molecule has 31 heavy (non-hydrogen) atoms. The number of rotatable bonds is 3. The third-order valence-electron chi connectivity index (χ3n) is 6.62. The van der Waals surface area contributed by atoms with Crippen molar-refractivity contribution in [2.24, 2.45) is 11.7 Å². The van der Waals surface area contributed by atoms with Gasteiger partial charge in [0, 0.05) is 24.5 Å². The van der Waals surface area contributed by atoms with Crippen LogP contribution in [0.5, 0.6) is 11.5 Å². The van der Waals surface area contributed by atoms with Crippen LogP contribution in [0, 0.1) is 11.7 Å². The van der Waals surface area contributed by atoms with Gasteiger partial charge in [-0.2, -0.15) is 0 Å². The van der Waals surface area contributed by atoms with E-state index in [9.17, 15) is 14.0 Å². The highest BCUT2D eigenvalue weighted by atomic mass is 19.1. The van der Waals surface area contributed by atoms with E-state index in [1.807, 2.05) is 0 Å². The summed E-state index contributed by atoms with van der Waals surface area (Å²) in [6.07, 6.45) is -0.206. The van der Waals surface area contributed by atoms with Crippen molar-refractivity contribution in [2.75, 3.05) is 30.3 Å². The van der Waals surface area contributed by atoms with Crippen molar-refractivity contribution in [3.63, 3.8) is 0 Å². The number of pyridine rings is 1. The largest absolute Gasteiger partial charge is 0.511 e. The normalized spacial score (nSPS) is 26.1. The number of nitrogens with zero attached hydrogens (tertiary/aromatic N) is 2. The summed E-state index contributed by atoms with van der Waals surface area (Å²) in [4.78, 5) is 25.4. The summed E-state index contributed by atoms with van der Waals surface area (Å²) in [5.41, 5.74) is 10.6. The lowest BCUT2D eigenvalue weighted by Gasteiger charge is -2.32. The lowest BCUT2D eigenvalue weighted by Crippen LogP contribution is -2.38. The second-order valence-electron chi connectivity index (χ2n) is 8.65. The summed E-state index contributed by atoms with van der Waals surface area (Å²) in [6.45, 7) is 2.05. The van der Waals surface area contributed by atoms with Gasteiger partial charge in [-0.25, -0.2) is 13.6 Å². The van der Waals surface area contributed by atoms with E-state index in [2.05, 4.69) is 4.74 Å². The van der Waals surface area contributed by atoms with E-state index >= 15 is 4.39 Å². The van der Waals surface area contributed by atoms with Crippen molar-refractivity contribution < 1.29 is 28.2 Å². The van der Waals surface area contributed by atoms with E-state index in [4.69, 9.17) is 21.3 Å². The maximum atomic E-state index is 15.5. The second kappa shape index (κ2) is 6.46. The Morgan fingerprint density at radius 1 is 1.39 bits per heavy atom. The van der Waals surface area contributed by atoms with E-state index in [0.717, 1.165) is 12.8 Å². The summed E-state index contributed by atoms with van der Waals surface area (Å²) in [6, 6.07) is -0.316. The first kappa shape index (κ1) is 19.9. The van der Waals surface area contributed by atoms with Crippen molar-refractivity contribution >= 4 is 28.4 Å². The third-order valence-corrected chi connectivity index (χ3v) is 6.62. The predicted octanol–water partition coefficient (Wildman–Crippen LogP) is 2.00. The molecule has 3 atom stereocenters. The number of carboxylic acid groups (broad SMARTS) is 1. The fourth-order valence-corrected chi connectivity index (χ4v) is 4.76. The lowest BCUT2D eigenvalue weighted by molar-refractivity contribution is 0.143. The van der Waals surface area contributed by atoms with Crippen LogP contribution in [0.3, 0.4) is 0 Å². The Hall–Kier alpha value is -3.08. The molecule has 2 aromatic rings. The molecule has 0 radical (unpaired) electrons. The smallest absolute Gasteiger partial charge is 0.487 e. The maximum absolute atomic E-state index is 15.5. The molecule has 0 unspecified atom stereocenters. The molecule has 1 aromatic carbocycles. The zero-order chi connectivity index (χ0) is 22.2. The Balaban J connectivity index is 1.73. The average Bonchev–Trinajstić information content (AvgIpc) is 3.32. The second-order valence-corrected chi connectivity index (χ2v) is 8.65. The molecule has 166 valence electrons. The number of aromatic nitrogens is 1. The number of carbonyl (C=O) groups is 1. The van der Waals surface area contributed by atoms with Crippen LogP contribution in [-0.4, -0.2) is 47.2 Å². The Kier molecular flexibility index (Phi) is 4.14. The molecule has 0 bridgehead atoms. The van der Waals surface area contributed by atoms with Crippen LogP contribution in [0.1, 0.15) is 25.8 Å². The van der Waals surface area contributed by atoms with Gasteiger partial charge in [0.2, 0.25) is 5.43 Å². The van der Waals surface area contributed by atoms with Crippen molar-refractivity contribution in [3.8, 4) is 11.5 Å². The van der Waals surface area contributed by atoms with Crippen LogP contribution < -0.4 is 31.3 Å². The van der Waals surface area contributed by atoms with Gasteiger partial charge in [0.1, 0.15) is 18.5 Å². The number of hydrogen-bond donors (Lipinski definition) is 3. The van der Waals surface area contributed by atoms with Crippen molar-refractivity contribution in [1.29, 1.82) is 0 Å². The SMILES string of the molecule is C[C@H]1COc2c(N3C[C@@H](F)[C@@H](C4(N)CC4)C3)c(F)c(N)c3c(=O)c(OC(=O)O)cn1c23. The molecule has 2 aliphatic heterocycles. The average molecular weight is 436 g/mol. The number of benzene rings is 1. The first-order chi connectivity index (χ1) is 14.6. The highest BCUT2D eigenvalue weighted by Gasteiger charge is 2.53. The highest BCUT2D eigenvalue weighted by molar-refractivity contribution is 6.01. The van der Waals surface area contributed by atoms with Gasteiger partial charge in [-0.05, 0) is 19.8 Å². The zero-order valence-electron chi connectivity index (χ0n) is 16.7. The summed E-state index contributed by atoms with van der Waals surface area (Å²) in [7, 11) is 0. The molecule has 1 saturated carbocycles. The van der Waals surface area contributed by atoms with Gasteiger partial charge < -0.3 is 35.5 Å². The molecule has 5 rings (SSSR count). The van der Waals surface area contributed by atoms with Crippen LogP contribution in [0.2, 0.25) is 0 Å². The van der Waals surface area contributed by atoms with E-state index in [1.54, 1.807) is 11.5 Å². The summed E-state index contributed by atoms with van der Waals surface area (Å²) >= 11 is 0. The summed E-state index contributed by atoms with van der Waals surface area (Å²) < 4.78 is 42.3. The van der Waals surface area contributed by atoms with Gasteiger partial charge in [0.05, 0.1) is 28.8 Å². The first-order valence-electron chi connectivity index (χ1n) is 10.0. The van der Waals surface area contributed by atoms with Gasteiger partial charge in [-0.3, -0.25) is 4.79 Å². The molecular weight excluding hydrogens is 414 g/mol. The summed E-state index contributed by atoms with van der Waals surface area (Å²) in [5, 5.41) is 8.71. The van der Waals surface area contributed by atoms with Crippen LogP contribution in [0.15, 0.2) is 11.0 Å². The van der Waals surface area contributed by atoms with Gasteiger partial charge in [0.25, 0.3) is 0 Å². The quantitative estimate of drug-likeness (QED) is 0.492. The first-order valence-corrected chi connectivity index (χ1v) is 10.0. The topological polar surface area (TPSA) is 133 Å². The predicted molar refractivity (Wildman–Crippen MR) is 108 cm³/mol. The van der Waals surface area contributed by atoms with Gasteiger partial charge in [-0.15, -0.1) is 0 Å². The minimum Gasteiger partial charge on any atom is -0.487 e. The molecule has 9 nitrogen and oxygen atoms in total. The van der Waals surface area contributed by atoms with Crippen LogP contribution in [0.25, 0.3) is 10.9 Å². The van der Waals surface area contributed by atoms with E-state index < -0.39 is 46.5 Å². The van der Waals surface area contributed by atoms with Crippen molar-refractivity contribution in [1.82, 2.24) is 4.57 Å². The van der Waals surface area contributed by atoms with Gasteiger partial charge in [-0.1, -0.05) is 0 Å². The number of alkyl halides is 1. The Labute approximate surface area is 175 Å². The van der Waals surface area contributed by atoms with E-state index in [1.165, 1.54) is 11.1 Å². The van der Waals surface area contributed by atoms with Crippen LogP contribution in [0.4, 0.5) is 25.0 Å². The Bertz CT molecular complexity index is 1180. The fraction of sp³-hybridized carbons (Fsp3) is 0.500. The van der Waals surface area contributed by atoms with Gasteiger partial charge >= 0.3 is 6.16 Å². The van der Waals surface area contributed by atoms with Crippen LogP contribution in [-0.2, 0) is 0 Å². The molecule has 1 aromatic heterocycles. The standard InChI is InChI=1S/C20H22F2N4O5/c1-8-7-30-18-15-12(17(27)11(6-26(8)15)31-19(28)29)14(23)13(22)16(18)25-4-9(10(21)5-25)20(24)2-3-20/h6,8-10H,2-5,7,23-24H2,1H3,(H,28,29)/t8-,9-,10+/m0/s1. The molecule has 11 heteroatoms. The molecule has 0 spiro atoms. The Morgan fingerprint density at radius 2 is 2.10 bits per heavy atom. The van der Waals surface area contributed by atoms with Crippen molar-refractivity contribution in [3.05, 3.63) is 22.2 Å². The molecule has 3 heterocycles. The summed E-state index contributed by atoms with van der Waals surface area (Å²) in [5.74, 6) is -1.76. The monoisotopic (exact) mass is 436 g/mol. The molecule has 0 amide bonds.